The number of benzene rings is 3. The van der Waals surface area contributed by atoms with Gasteiger partial charge in [-0.3, -0.25) is 0 Å². The maximum absolute atomic E-state index is 5.98. The lowest BCUT2D eigenvalue weighted by atomic mass is 9.91. The van der Waals surface area contributed by atoms with Crippen LogP contribution in [0.1, 0.15) is 33.4 Å². The van der Waals surface area contributed by atoms with Crippen molar-refractivity contribution in [2.24, 2.45) is 11.5 Å². The van der Waals surface area contributed by atoms with Gasteiger partial charge in [0.15, 0.2) is 0 Å². The summed E-state index contributed by atoms with van der Waals surface area (Å²) in [7, 11) is 5.98. The van der Waals surface area contributed by atoms with Crippen LogP contribution in [-0.4, -0.2) is 20.9 Å². The molecule has 3 aromatic carbocycles. The van der Waals surface area contributed by atoms with E-state index in [1.54, 1.807) is 0 Å². The third-order valence-corrected chi connectivity index (χ3v) is 4.86. The van der Waals surface area contributed by atoms with E-state index >= 15 is 0 Å². The molecule has 0 amide bonds. The first-order chi connectivity index (χ1) is 14.6. The maximum atomic E-state index is 5.98. The SMILES string of the molecule is [B]c1cc(C#Cc2cccc(C#Cc3cc(Br)cc(CCN)c3)c2)cc(CCN)c1. The molecule has 0 saturated heterocycles. The Balaban J connectivity index is 1.82. The highest BCUT2D eigenvalue weighted by Crippen LogP contribution is 2.16. The Morgan fingerprint density at radius 1 is 0.667 bits per heavy atom. The number of rotatable bonds is 4. The molecule has 4 heteroatoms. The Hall–Kier alpha value is -2.76. The van der Waals surface area contributed by atoms with Gasteiger partial charge >= 0.3 is 0 Å². The normalized spacial score (nSPS) is 9.97. The number of hydrogen-bond acceptors (Lipinski definition) is 2. The van der Waals surface area contributed by atoms with E-state index in [0.717, 1.165) is 45.1 Å². The number of hydrogen-bond donors (Lipinski definition) is 2. The number of halogens is 1. The molecular weight excluding hydrogens is 431 g/mol. The summed E-state index contributed by atoms with van der Waals surface area (Å²) in [6, 6.07) is 19.9. The second-order valence-corrected chi connectivity index (χ2v) is 7.89. The van der Waals surface area contributed by atoms with Gasteiger partial charge in [0, 0.05) is 26.7 Å². The van der Waals surface area contributed by atoms with Crippen molar-refractivity contribution in [2.45, 2.75) is 12.8 Å². The highest BCUT2D eigenvalue weighted by atomic mass is 79.9. The van der Waals surface area contributed by atoms with Crippen molar-refractivity contribution >= 4 is 29.2 Å². The van der Waals surface area contributed by atoms with Crippen LogP contribution < -0.4 is 16.9 Å². The Bertz CT molecular complexity index is 1070. The first-order valence-electron chi connectivity index (χ1n) is 9.79. The van der Waals surface area contributed by atoms with Gasteiger partial charge in [0.2, 0.25) is 0 Å². The van der Waals surface area contributed by atoms with E-state index in [4.69, 9.17) is 19.3 Å². The Morgan fingerprint density at radius 3 is 1.80 bits per heavy atom. The van der Waals surface area contributed by atoms with E-state index in [9.17, 15) is 0 Å². The molecule has 146 valence electrons. The smallest absolute Gasteiger partial charge is 0.113 e. The Kier molecular flexibility index (Phi) is 7.94. The second-order valence-electron chi connectivity index (χ2n) is 6.97. The minimum Gasteiger partial charge on any atom is -0.330 e. The molecule has 0 fully saturated rings. The average molecular weight is 453 g/mol. The fraction of sp³-hybridized carbons (Fsp3) is 0.154. The zero-order valence-corrected chi connectivity index (χ0v) is 18.3. The summed E-state index contributed by atoms with van der Waals surface area (Å²) >= 11 is 3.54. The lowest BCUT2D eigenvalue weighted by molar-refractivity contribution is 0.967. The number of nitrogens with two attached hydrogens (primary N) is 2. The van der Waals surface area contributed by atoms with E-state index in [1.807, 2.05) is 48.5 Å². The molecule has 0 saturated carbocycles. The second kappa shape index (κ2) is 10.9. The summed E-state index contributed by atoms with van der Waals surface area (Å²) in [5.74, 6) is 12.9. The van der Waals surface area contributed by atoms with Crippen molar-refractivity contribution in [1.29, 1.82) is 0 Å². The van der Waals surface area contributed by atoms with E-state index in [0.29, 0.717) is 18.6 Å². The largest absolute Gasteiger partial charge is 0.330 e. The molecule has 4 N–H and O–H groups in total. The highest BCUT2D eigenvalue weighted by molar-refractivity contribution is 9.10. The molecule has 0 spiro atoms. The van der Waals surface area contributed by atoms with Crippen molar-refractivity contribution in [2.75, 3.05) is 13.1 Å². The zero-order chi connectivity index (χ0) is 21.3. The van der Waals surface area contributed by atoms with Crippen LogP contribution in [0.2, 0.25) is 0 Å². The Labute approximate surface area is 188 Å². The molecule has 30 heavy (non-hydrogen) atoms. The van der Waals surface area contributed by atoms with Crippen LogP contribution in [0, 0.1) is 23.7 Å². The first-order valence-corrected chi connectivity index (χ1v) is 10.6. The fourth-order valence-electron chi connectivity index (χ4n) is 3.10. The van der Waals surface area contributed by atoms with Crippen LogP contribution >= 0.6 is 15.9 Å². The van der Waals surface area contributed by atoms with Gasteiger partial charge in [-0.05, 0) is 79.5 Å². The van der Waals surface area contributed by atoms with Crippen LogP contribution in [0.15, 0.2) is 65.1 Å². The van der Waals surface area contributed by atoms with Crippen molar-refractivity contribution in [3.05, 3.63) is 98.5 Å². The van der Waals surface area contributed by atoms with Crippen LogP contribution in [0.3, 0.4) is 0 Å². The van der Waals surface area contributed by atoms with Gasteiger partial charge in [0.05, 0.1) is 0 Å². The molecule has 2 radical (unpaired) electrons. The van der Waals surface area contributed by atoms with E-state index in [-0.39, 0.29) is 0 Å². The van der Waals surface area contributed by atoms with Crippen LogP contribution in [0.25, 0.3) is 0 Å². The van der Waals surface area contributed by atoms with Gasteiger partial charge in [-0.2, -0.15) is 0 Å². The average Bonchev–Trinajstić information content (AvgIpc) is 2.71. The lowest BCUT2D eigenvalue weighted by Gasteiger charge is -2.02. The van der Waals surface area contributed by atoms with Crippen LogP contribution in [-0.2, 0) is 12.8 Å². The molecule has 3 rings (SSSR count). The standard InChI is InChI=1S/C26H22BBrN2/c27-25-15-21(13-23(16-25)8-10-29)6-4-19-2-1-3-20(12-19)5-7-22-14-24(9-11-30)18-26(28)17-22/h1-3,12-18H,8-11,29-30H2. The minimum absolute atomic E-state index is 0.586. The summed E-state index contributed by atoms with van der Waals surface area (Å²) in [6.45, 7) is 1.20. The zero-order valence-electron chi connectivity index (χ0n) is 16.7. The topological polar surface area (TPSA) is 52.0 Å². The quantitative estimate of drug-likeness (QED) is 0.472. The molecule has 2 nitrogen and oxygen atoms in total. The molecule has 3 aromatic rings. The van der Waals surface area contributed by atoms with Gasteiger partial charge in [0.25, 0.3) is 0 Å². The molecular formula is C26H22BBrN2. The van der Waals surface area contributed by atoms with E-state index in [1.165, 1.54) is 5.56 Å². The van der Waals surface area contributed by atoms with E-state index < -0.39 is 0 Å². The molecule has 0 aliphatic rings. The minimum atomic E-state index is 0.586. The summed E-state index contributed by atoms with van der Waals surface area (Å²) in [6.07, 6.45) is 1.61. The van der Waals surface area contributed by atoms with Gasteiger partial charge in [0.1, 0.15) is 7.85 Å². The van der Waals surface area contributed by atoms with Crippen molar-refractivity contribution in [3.8, 4) is 23.7 Å². The molecule has 0 bridgehead atoms. The lowest BCUT2D eigenvalue weighted by Crippen LogP contribution is -2.08. The molecule has 0 aliphatic carbocycles. The maximum Gasteiger partial charge on any atom is 0.113 e. The first kappa shape index (κ1) is 21.9. The fourth-order valence-corrected chi connectivity index (χ4v) is 3.64. The molecule has 0 aromatic heterocycles. The van der Waals surface area contributed by atoms with E-state index in [2.05, 4.69) is 51.7 Å². The van der Waals surface area contributed by atoms with Gasteiger partial charge in [-0.15, -0.1) is 0 Å². The highest BCUT2D eigenvalue weighted by Gasteiger charge is 1.98. The van der Waals surface area contributed by atoms with Crippen molar-refractivity contribution in [1.82, 2.24) is 0 Å². The van der Waals surface area contributed by atoms with Crippen molar-refractivity contribution < 1.29 is 0 Å². The van der Waals surface area contributed by atoms with Gasteiger partial charge < -0.3 is 11.5 Å². The molecule has 0 unspecified atom stereocenters. The van der Waals surface area contributed by atoms with Crippen molar-refractivity contribution in [3.63, 3.8) is 0 Å². The van der Waals surface area contributed by atoms with Gasteiger partial charge in [-0.1, -0.05) is 63.3 Å². The summed E-state index contributed by atoms with van der Waals surface area (Å²) in [5.41, 5.74) is 18.0. The van der Waals surface area contributed by atoms with Gasteiger partial charge in [-0.25, -0.2) is 0 Å². The predicted octanol–water partition coefficient (Wildman–Crippen LogP) is 3.04. The summed E-state index contributed by atoms with van der Waals surface area (Å²) in [5, 5.41) is 0. The third-order valence-electron chi connectivity index (χ3n) is 4.40. The summed E-state index contributed by atoms with van der Waals surface area (Å²) in [4.78, 5) is 0. The molecule has 0 atom stereocenters. The monoisotopic (exact) mass is 452 g/mol. The molecule has 0 aliphatic heterocycles. The van der Waals surface area contributed by atoms with Crippen LogP contribution in [0.4, 0.5) is 0 Å². The third kappa shape index (κ3) is 6.65. The predicted molar refractivity (Wildman–Crippen MR) is 130 cm³/mol. The summed E-state index contributed by atoms with van der Waals surface area (Å²) < 4.78 is 1.01. The molecule has 0 heterocycles. The van der Waals surface area contributed by atoms with Crippen LogP contribution in [0.5, 0.6) is 0 Å². The Morgan fingerprint density at radius 2 is 1.20 bits per heavy atom.